The van der Waals surface area contributed by atoms with Crippen molar-refractivity contribution >= 4 is 35.0 Å². The lowest BCUT2D eigenvalue weighted by molar-refractivity contribution is -0.115. The third-order valence-corrected chi connectivity index (χ3v) is 3.86. The van der Waals surface area contributed by atoms with E-state index in [0.717, 1.165) is 10.5 Å². The molecule has 0 aromatic heterocycles. The predicted molar refractivity (Wildman–Crippen MR) is 86.7 cm³/mol. The van der Waals surface area contributed by atoms with Gasteiger partial charge in [-0.3, -0.25) is 19.3 Å². The highest BCUT2D eigenvalue weighted by molar-refractivity contribution is 6.30. The van der Waals surface area contributed by atoms with Crippen molar-refractivity contribution < 1.29 is 14.4 Å². The second-order valence-electron chi connectivity index (χ2n) is 5.28. The molecule has 0 saturated carbocycles. The zero-order chi connectivity index (χ0) is 16.6. The van der Waals surface area contributed by atoms with E-state index in [1.165, 1.54) is 13.1 Å². The molecule has 5 nitrogen and oxygen atoms in total. The Labute approximate surface area is 137 Å². The van der Waals surface area contributed by atoms with Crippen LogP contribution in [0.1, 0.15) is 26.3 Å². The first-order chi connectivity index (χ1) is 11.0. The molecule has 0 unspecified atom stereocenters. The fraction of sp³-hybridized carbons (Fsp3) is 0.118. The summed E-state index contributed by atoms with van der Waals surface area (Å²) in [7, 11) is 1.43. The summed E-state index contributed by atoms with van der Waals surface area (Å²) in [5, 5.41) is 3.30. The monoisotopic (exact) mass is 328 g/mol. The molecule has 1 N–H and O–H groups in total. The van der Waals surface area contributed by atoms with Crippen molar-refractivity contribution in [1.82, 2.24) is 4.90 Å². The van der Waals surface area contributed by atoms with E-state index >= 15 is 0 Å². The van der Waals surface area contributed by atoms with Gasteiger partial charge in [-0.2, -0.15) is 0 Å². The van der Waals surface area contributed by atoms with E-state index in [0.29, 0.717) is 21.8 Å². The Kier molecular flexibility index (Phi) is 3.88. The standard InChI is InChI=1S/C17H13ClN2O3/c1-20-16(22)13-6-5-12(9-14(13)17(20)23)19-15(21)8-10-3-2-4-11(18)7-10/h2-7,9H,8H2,1H3,(H,19,21). The van der Waals surface area contributed by atoms with E-state index < -0.39 is 0 Å². The van der Waals surface area contributed by atoms with Gasteiger partial charge < -0.3 is 5.32 Å². The number of carbonyl (C=O) groups excluding carboxylic acids is 3. The van der Waals surface area contributed by atoms with Gasteiger partial charge in [0.2, 0.25) is 5.91 Å². The average Bonchev–Trinajstić information content (AvgIpc) is 2.72. The van der Waals surface area contributed by atoms with Crippen LogP contribution in [0.15, 0.2) is 42.5 Å². The van der Waals surface area contributed by atoms with Gasteiger partial charge in [0, 0.05) is 17.8 Å². The molecule has 2 aromatic carbocycles. The summed E-state index contributed by atoms with van der Waals surface area (Å²) in [5.41, 5.74) is 1.93. The molecular weight excluding hydrogens is 316 g/mol. The summed E-state index contributed by atoms with van der Waals surface area (Å²) in [4.78, 5) is 36.9. The van der Waals surface area contributed by atoms with Crippen LogP contribution >= 0.6 is 11.6 Å². The summed E-state index contributed by atoms with van der Waals surface area (Å²) in [6.07, 6.45) is 0.171. The van der Waals surface area contributed by atoms with E-state index in [9.17, 15) is 14.4 Å². The molecule has 0 radical (unpaired) electrons. The Morgan fingerprint density at radius 1 is 1.09 bits per heavy atom. The molecule has 3 rings (SSSR count). The molecule has 0 aliphatic carbocycles. The fourth-order valence-electron chi connectivity index (χ4n) is 2.48. The highest BCUT2D eigenvalue weighted by atomic mass is 35.5. The first kappa shape index (κ1) is 15.2. The molecule has 23 heavy (non-hydrogen) atoms. The number of benzene rings is 2. The van der Waals surface area contributed by atoms with E-state index in [1.54, 1.807) is 30.3 Å². The maximum atomic E-state index is 12.1. The van der Waals surface area contributed by atoms with Gasteiger partial charge in [0.05, 0.1) is 17.5 Å². The molecular formula is C17H13ClN2O3. The molecule has 0 atom stereocenters. The van der Waals surface area contributed by atoms with Crippen molar-refractivity contribution in [3.63, 3.8) is 0 Å². The van der Waals surface area contributed by atoms with Crippen LogP contribution in [-0.4, -0.2) is 29.7 Å². The highest BCUT2D eigenvalue weighted by Gasteiger charge is 2.32. The van der Waals surface area contributed by atoms with Crippen LogP contribution in [0.4, 0.5) is 5.69 Å². The van der Waals surface area contributed by atoms with Crippen LogP contribution in [0.25, 0.3) is 0 Å². The maximum absolute atomic E-state index is 12.1. The average molecular weight is 329 g/mol. The number of carbonyl (C=O) groups is 3. The third-order valence-electron chi connectivity index (χ3n) is 3.63. The second-order valence-corrected chi connectivity index (χ2v) is 5.72. The second kappa shape index (κ2) is 5.85. The summed E-state index contributed by atoms with van der Waals surface area (Å²) in [6.45, 7) is 0. The van der Waals surface area contributed by atoms with Crippen molar-refractivity contribution in [1.29, 1.82) is 0 Å². The van der Waals surface area contributed by atoms with Gasteiger partial charge >= 0.3 is 0 Å². The quantitative estimate of drug-likeness (QED) is 0.881. The Bertz CT molecular complexity index is 832. The van der Waals surface area contributed by atoms with Crippen molar-refractivity contribution in [2.24, 2.45) is 0 Å². The summed E-state index contributed by atoms with van der Waals surface area (Å²) in [6, 6.07) is 11.7. The topological polar surface area (TPSA) is 66.5 Å². The Hall–Kier alpha value is -2.66. The van der Waals surface area contributed by atoms with Gasteiger partial charge in [-0.05, 0) is 35.9 Å². The highest BCUT2D eigenvalue weighted by Crippen LogP contribution is 2.24. The third kappa shape index (κ3) is 2.96. The molecule has 6 heteroatoms. The first-order valence-electron chi connectivity index (χ1n) is 6.96. The minimum Gasteiger partial charge on any atom is -0.326 e. The number of rotatable bonds is 3. The molecule has 1 aliphatic rings. The lowest BCUT2D eigenvalue weighted by Crippen LogP contribution is -2.24. The van der Waals surface area contributed by atoms with Crippen molar-refractivity contribution in [3.05, 3.63) is 64.2 Å². The largest absolute Gasteiger partial charge is 0.326 e. The smallest absolute Gasteiger partial charge is 0.261 e. The first-order valence-corrected chi connectivity index (χ1v) is 7.34. The van der Waals surface area contributed by atoms with Crippen molar-refractivity contribution in [2.45, 2.75) is 6.42 Å². The summed E-state index contributed by atoms with van der Waals surface area (Å²) in [5.74, 6) is -0.921. The van der Waals surface area contributed by atoms with E-state index in [-0.39, 0.29) is 24.1 Å². The lowest BCUT2D eigenvalue weighted by Gasteiger charge is -2.06. The SMILES string of the molecule is CN1C(=O)c2ccc(NC(=O)Cc3cccc(Cl)c3)cc2C1=O. The van der Waals surface area contributed by atoms with Gasteiger partial charge in [-0.15, -0.1) is 0 Å². The normalized spacial score (nSPS) is 13.2. The van der Waals surface area contributed by atoms with Crippen LogP contribution in [0.2, 0.25) is 5.02 Å². The van der Waals surface area contributed by atoms with Gasteiger partial charge in [-0.1, -0.05) is 23.7 Å². The predicted octanol–water partition coefficient (Wildman–Crippen LogP) is 2.75. The number of nitrogens with one attached hydrogen (secondary N) is 1. The minimum absolute atomic E-state index is 0.171. The number of imide groups is 1. The number of anilines is 1. The number of hydrogen-bond donors (Lipinski definition) is 1. The molecule has 116 valence electrons. The Balaban J connectivity index is 1.76. The molecule has 1 aliphatic heterocycles. The minimum atomic E-state index is -0.365. The molecule has 0 saturated heterocycles. The summed E-state index contributed by atoms with van der Waals surface area (Å²) < 4.78 is 0. The molecule has 0 spiro atoms. The molecule has 2 aromatic rings. The Morgan fingerprint density at radius 3 is 2.57 bits per heavy atom. The number of amides is 3. The van der Waals surface area contributed by atoms with E-state index in [2.05, 4.69) is 5.32 Å². The van der Waals surface area contributed by atoms with Crippen LogP contribution in [0.5, 0.6) is 0 Å². The zero-order valence-electron chi connectivity index (χ0n) is 12.3. The van der Waals surface area contributed by atoms with Gasteiger partial charge in [0.25, 0.3) is 11.8 Å². The van der Waals surface area contributed by atoms with Gasteiger partial charge in [-0.25, -0.2) is 0 Å². The van der Waals surface area contributed by atoms with E-state index in [1.807, 2.05) is 6.07 Å². The Morgan fingerprint density at radius 2 is 1.83 bits per heavy atom. The van der Waals surface area contributed by atoms with Crippen LogP contribution < -0.4 is 5.32 Å². The molecule has 0 fully saturated rings. The molecule has 3 amide bonds. The number of fused-ring (bicyclic) bond motifs is 1. The van der Waals surface area contributed by atoms with Gasteiger partial charge in [0.1, 0.15) is 0 Å². The van der Waals surface area contributed by atoms with Crippen LogP contribution in [0.3, 0.4) is 0 Å². The lowest BCUT2D eigenvalue weighted by atomic mass is 10.1. The number of nitrogens with zero attached hydrogens (tertiary/aromatic N) is 1. The number of halogens is 1. The van der Waals surface area contributed by atoms with Crippen LogP contribution in [0, 0.1) is 0 Å². The number of hydrogen-bond acceptors (Lipinski definition) is 3. The zero-order valence-corrected chi connectivity index (χ0v) is 13.1. The van der Waals surface area contributed by atoms with E-state index in [4.69, 9.17) is 11.6 Å². The molecule has 1 heterocycles. The van der Waals surface area contributed by atoms with Crippen molar-refractivity contribution in [3.8, 4) is 0 Å². The maximum Gasteiger partial charge on any atom is 0.261 e. The fourth-order valence-corrected chi connectivity index (χ4v) is 2.69. The van der Waals surface area contributed by atoms with Gasteiger partial charge in [0.15, 0.2) is 0 Å². The molecule has 0 bridgehead atoms. The van der Waals surface area contributed by atoms with Crippen molar-refractivity contribution in [2.75, 3.05) is 12.4 Å². The summed E-state index contributed by atoms with van der Waals surface area (Å²) >= 11 is 5.89. The van der Waals surface area contributed by atoms with Crippen LogP contribution in [-0.2, 0) is 11.2 Å².